The normalized spacial score (nSPS) is 15.8. The van der Waals surface area contributed by atoms with Crippen LogP contribution in [0, 0.1) is 0 Å². The molecule has 3 rings (SSSR count). The third kappa shape index (κ3) is 3.89. The van der Waals surface area contributed by atoms with E-state index >= 15 is 0 Å². The summed E-state index contributed by atoms with van der Waals surface area (Å²) in [4.78, 5) is 16.4. The van der Waals surface area contributed by atoms with Gasteiger partial charge in [-0.25, -0.2) is 4.79 Å². The van der Waals surface area contributed by atoms with Crippen LogP contribution in [0.4, 0.5) is 4.79 Å². The number of carbonyl (C=O) groups excluding carboxylic acids is 1. The number of rotatable bonds is 5. The Balaban J connectivity index is 1.43. The summed E-state index contributed by atoms with van der Waals surface area (Å²) in [6, 6.07) is 3.82. The van der Waals surface area contributed by atoms with Crippen molar-refractivity contribution in [3.8, 4) is 0 Å². The molecule has 3 heterocycles. The first kappa shape index (κ1) is 15.5. The van der Waals surface area contributed by atoms with Crippen molar-refractivity contribution in [2.24, 2.45) is 0 Å². The number of aromatic nitrogens is 3. The first-order valence-corrected chi connectivity index (χ1v) is 7.90. The maximum atomic E-state index is 12.2. The molecule has 0 aliphatic carbocycles. The molecule has 0 spiro atoms. The van der Waals surface area contributed by atoms with Gasteiger partial charge in [-0.05, 0) is 19.1 Å². The van der Waals surface area contributed by atoms with Crippen LogP contribution in [0.15, 0.2) is 29.1 Å². The maximum Gasteiger partial charge on any atom is 0.317 e. The van der Waals surface area contributed by atoms with Gasteiger partial charge >= 0.3 is 6.03 Å². The molecule has 1 fully saturated rings. The zero-order chi connectivity index (χ0) is 16.1. The highest BCUT2D eigenvalue weighted by atomic mass is 16.3. The Kier molecular flexibility index (Phi) is 4.92. The van der Waals surface area contributed by atoms with Crippen molar-refractivity contribution in [2.75, 3.05) is 26.2 Å². The molecule has 1 saturated heterocycles. The summed E-state index contributed by atoms with van der Waals surface area (Å²) in [5.74, 6) is 1.74. The Labute approximate surface area is 135 Å². The predicted octanol–water partition coefficient (Wildman–Crippen LogP) is 0.918. The van der Waals surface area contributed by atoms with Crippen LogP contribution in [0.1, 0.15) is 18.5 Å². The molecule has 2 aromatic rings. The predicted molar refractivity (Wildman–Crippen MR) is 83.5 cm³/mol. The van der Waals surface area contributed by atoms with E-state index in [0.717, 1.165) is 37.8 Å². The Hall–Kier alpha value is -2.35. The number of nitrogens with zero attached hydrogens (tertiary/aromatic N) is 5. The third-order valence-corrected chi connectivity index (χ3v) is 4.05. The molecule has 0 unspecified atom stereocenters. The van der Waals surface area contributed by atoms with E-state index in [1.807, 2.05) is 28.5 Å². The van der Waals surface area contributed by atoms with Crippen LogP contribution in [0.3, 0.4) is 0 Å². The van der Waals surface area contributed by atoms with Gasteiger partial charge in [0.15, 0.2) is 5.82 Å². The zero-order valence-corrected chi connectivity index (χ0v) is 13.3. The minimum atomic E-state index is -0.0479. The standard InChI is InChI=1S/C15H22N6O2/c1-2-20-12-17-18-14(20)10-16-15(22)21-7-5-19(6-8-21)11-13-4-3-9-23-13/h3-4,9,12H,2,5-8,10-11H2,1H3,(H,16,22). The average molecular weight is 318 g/mol. The fourth-order valence-corrected chi connectivity index (χ4v) is 2.68. The van der Waals surface area contributed by atoms with Gasteiger partial charge in [0.1, 0.15) is 12.1 Å². The van der Waals surface area contributed by atoms with Crippen molar-refractivity contribution in [3.63, 3.8) is 0 Å². The topological polar surface area (TPSA) is 79.4 Å². The lowest BCUT2D eigenvalue weighted by Crippen LogP contribution is -2.51. The molecule has 23 heavy (non-hydrogen) atoms. The SMILES string of the molecule is CCn1cnnc1CNC(=O)N1CCN(Cc2ccco2)CC1. The fourth-order valence-electron chi connectivity index (χ4n) is 2.68. The molecular weight excluding hydrogens is 296 g/mol. The molecule has 0 aromatic carbocycles. The summed E-state index contributed by atoms with van der Waals surface area (Å²) < 4.78 is 7.28. The molecule has 0 saturated carbocycles. The summed E-state index contributed by atoms with van der Waals surface area (Å²) in [6.45, 7) is 7.14. The van der Waals surface area contributed by atoms with E-state index in [1.54, 1.807) is 12.6 Å². The third-order valence-electron chi connectivity index (χ3n) is 4.05. The van der Waals surface area contributed by atoms with Gasteiger partial charge in [0.2, 0.25) is 0 Å². The van der Waals surface area contributed by atoms with Crippen LogP contribution in [0.5, 0.6) is 0 Å². The molecular formula is C15H22N6O2. The lowest BCUT2D eigenvalue weighted by molar-refractivity contribution is 0.130. The highest BCUT2D eigenvalue weighted by molar-refractivity contribution is 5.74. The van der Waals surface area contributed by atoms with Gasteiger partial charge in [-0.3, -0.25) is 4.90 Å². The van der Waals surface area contributed by atoms with E-state index < -0.39 is 0 Å². The minimum Gasteiger partial charge on any atom is -0.468 e. The molecule has 2 aromatic heterocycles. The van der Waals surface area contributed by atoms with Crippen LogP contribution in [-0.4, -0.2) is 56.8 Å². The first-order valence-electron chi connectivity index (χ1n) is 7.90. The summed E-state index contributed by atoms with van der Waals surface area (Å²) in [7, 11) is 0. The van der Waals surface area contributed by atoms with Gasteiger partial charge in [0.25, 0.3) is 0 Å². The van der Waals surface area contributed by atoms with E-state index in [9.17, 15) is 4.79 Å². The smallest absolute Gasteiger partial charge is 0.317 e. The second kappa shape index (κ2) is 7.28. The number of furan rings is 1. The van der Waals surface area contributed by atoms with Gasteiger partial charge in [-0.2, -0.15) is 0 Å². The Morgan fingerprint density at radius 2 is 2.17 bits per heavy atom. The van der Waals surface area contributed by atoms with Crippen molar-refractivity contribution in [2.45, 2.75) is 26.6 Å². The van der Waals surface area contributed by atoms with Crippen molar-refractivity contribution in [1.29, 1.82) is 0 Å². The van der Waals surface area contributed by atoms with Gasteiger partial charge in [-0.1, -0.05) is 0 Å². The van der Waals surface area contributed by atoms with Crippen molar-refractivity contribution in [1.82, 2.24) is 29.9 Å². The van der Waals surface area contributed by atoms with Gasteiger partial charge in [0, 0.05) is 32.7 Å². The number of aryl methyl sites for hydroxylation is 1. The zero-order valence-electron chi connectivity index (χ0n) is 13.3. The molecule has 8 heteroatoms. The fraction of sp³-hybridized carbons (Fsp3) is 0.533. The Morgan fingerprint density at radius 3 is 2.87 bits per heavy atom. The quantitative estimate of drug-likeness (QED) is 0.887. The number of hydrogen-bond donors (Lipinski definition) is 1. The number of nitrogens with one attached hydrogen (secondary N) is 1. The number of piperazine rings is 1. The maximum absolute atomic E-state index is 12.2. The molecule has 1 N–H and O–H groups in total. The van der Waals surface area contributed by atoms with E-state index in [4.69, 9.17) is 4.42 Å². The lowest BCUT2D eigenvalue weighted by atomic mass is 10.3. The van der Waals surface area contributed by atoms with Crippen LogP contribution >= 0.6 is 0 Å². The number of urea groups is 1. The van der Waals surface area contributed by atoms with Gasteiger partial charge in [-0.15, -0.1) is 10.2 Å². The highest BCUT2D eigenvalue weighted by Gasteiger charge is 2.21. The van der Waals surface area contributed by atoms with E-state index in [-0.39, 0.29) is 6.03 Å². The summed E-state index contributed by atoms with van der Waals surface area (Å²) >= 11 is 0. The summed E-state index contributed by atoms with van der Waals surface area (Å²) in [5, 5.41) is 10.8. The van der Waals surface area contributed by atoms with Crippen LogP contribution in [0.25, 0.3) is 0 Å². The van der Waals surface area contributed by atoms with Crippen LogP contribution in [-0.2, 0) is 19.6 Å². The molecule has 1 aliphatic rings. The van der Waals surface area contributed by atoms with Gasteiger partial charge in [0.05, 0.1) is 19.4 Å². The van der Waals surface area contributed by atoms with Crippen molar-refractivity contribution < 1.29 is 9.21 Å². The van der Waals surface area contributed by atoms with E-state index in [0.29, 0.717) is 19.6 Å². The summed E-state index contributed by atoms with van der Waals surface area (Å²) in [6.07, 6.45) is 3.36. The highest BCUT2D eigenvalue weighted by Crippen LogP contribution is 2.09. The molecule has 2 amide bonds. The van der Waals surface area contributed by atoms with Crippen LogP contribution < -0.4 is 5.32 Å². The average Bonchev–Trinajstić information content (AvgIpc) is 3.24. The van der Waals surface area contributed by atoms with E-state index in [1.165, 1.54) is 0 Å². The first-order chi connectivity index (χ1) is 11.3. The Bertz CT molecular complexity index is 616. The van der Waals surface area contributed by atoms with Gasteiger partial charge < -0.3 is 19.2 Å². The van der Waals surface area contributed by atoms with E-state index in [2.05, 4.69) is 20.4 Å². The van der Waals surface area contributed by atoms with Crippen LogP contribution in [0.2, 0.25) is 0 Å². The second-order valence-corrected chi connectivity index (χ2v) is 5.53. The minimum absolute atomic E-state index is 0.0479. The number of amides is 2. The Morgan fingerprint density at radius 1 is 1.35 bits per heavy atom. The largest absolute Gasteiger partial charge is 0.468 e. The molecule has 1 aliphatic heterocycles. The molecule has 0 radical (unpaired) electrons. The summed E-state index contributed by atoms with van der Waals surface area (Å²) in [5.41, 5.74) is 0. The monoisotopic (exact) mass is 318 g/mol. The molecule has 0 bridgehead atoms. The second-order valence-electron chi connectivity index (χ2n) is 5.53. The number of carbonyl (C=O) groups is 1. The lowest BCUT2D eigenvalue weighted by Gasteiger charge is -2.34. The molecule has 8 nitrogen and oxygen atoms in total. The number of hydrogen-bond acceptors (Lipinski definition) is 5. The molecule has 0 atom stereocenters. The van der Waals surface area contributed by atoms with Crippen molar-refractivity contribution in [3.05, 3.63) is 36.3 Å². The molecule has 124 valence electrons. The van der Waals surface area contributed by atoms with Crippen molar-refractivity contribution >= 4 is 6.03 Å².